The number of aromatic nitrogens is 4. The fourth-order valence-electron chi connectivity index (χ4n) is 3.75. The number of nitrogens with one attached hydrogen (secondary N) is 1. The van der Waals surface area contributed by atoms with Crippen molar-refractivity contribution in [2.24, 2.45) is 0 Å². The van der Waals surface area contributed by atoms with Crippen molar-refractivity contribution in [2.45, 2.75) is 32.7 Å². The van der Waals surface area contributed by atoms with Gasteiger partial charge in [0.25, 0.3) is 0 Å². The van der Waals surface area contributed by atoms with Crippen molar-refractivity contribution >= 4 is 11.9 Å². The second-order valence-corrected chi connectivity index (χ2v) is 7.64. The van der Waals surface area contributed by atoms with Gasteiger partial charge in [-0.3, -0.25) is 0 Å². The third-order valence-electron chi connectivity index (χ3n) is 5.37. The van der Waals surface area contributed by atoms with Gasteiger partial charge in [-0.15, -0.1) is 0 Å². The van der Waals surface area contributed by atoms with Crippen molar-refractivity contribution in [2.75, 3.05) is 25.6 Å². The molecule has 1 aliphatic heterocycles. The van der Waals surface area contributed by atoms with E-state index < -0.39 is 12.0 Å². The number of nitrogens with zero attached hydrogens (tertiary/aromatic N) is 4. The van der Waals surface area contributed by atoms with Crippen molar-refractivity contribution in [1.82, 2.24) is 20.2 Å². The molecule has 2 heterocycles. The summed E-state index contributed by atoms with van der Waals surface area (Å²) in [4.78, 5) is 12.9. The first-order chi connectivity index (χ1) is 16.1. The van der Waals surface area contributed by atoms with Gasteiger partial charge < -0.3 is 19.5 Å². The van der Waals surface area contributed by atoms with Crippen molar-refractivity contribution in [3.8, 4) is 11.5 Å². The Morgan fingerprint density at radius 2 is 1.94 bits per heavy atom. The number of fused-ring (bicyclic) bond motifs is 1. The highest BCUT2D eigenvalue weighted by Crippen LogP contribution is 2.38. The molecule has 1 unspecified atom stereocenters. The van der Waals surface area contributed by atoms with E-state index in [2.05, 4.69) is 33.0 Å². The van der Waals surface area contributed by atoms with Gasteiger partial charge in [0.1, 0.15) is 6.04 Å². The molecular formula is C24H27N5O4. The Morgan fingerprint density at radius 3 is 2.70 bits per heavy atom. The summed E-state index contributed by atoms with van der Waals surface area (Å²) in [5.74, 6) is 1.23. The molecule has 0 aliphatic carbocycles. The lowest BCUT2D eigenvalue weighted by Crippen LogP contribution is -2.29. The van der Waals surface area contributed by atoms with Crippen LogP contribution in [0.5, 0.6) is 11.5 Å². The van der Waals surface area contributed by atoms with Crippen molar-refractivity contribution in [1.29, 1.82) is 0 Å². The predicted octanol–water partition coefficient (Wildman–Crippen LogP) is 3.55. The molecular weight excluding hydrogens is 422 g/mol. The number of benzene rings is 2. The fraction of sp³-hybridized carbons (Fsp3) is 0.333. The van der Waals surface area contributed by atoms with Crippen LogP contribution in [0.15, 0.2) is 59.8 Å². The Hall–Kier alpha value is -3.88. The third kappa shape index (κ3) is 4.82. The number of ether oxygens (including phenoxy) is 3. The zero-order chi connectivity index (χ0) is 23.2. The van der Waals surface area contributed by atoms with E-state index in [9.17, 15) is 4.79 Å². The van der Waals surface area contributed by atoms with E-state index in [-0.39, 0.29) is 0 Å². The van der Waals surface area contributed by atoms with Gasteiger partial charge in [0, 0.05) is 12.1 Å². The Bertz CT molecular complexity index is 1140. The van der Waals surface area contributed by atoms with E-state index in [4.69, 9.17) is 14.2 Å². The maximum atomic E-state index is 12.9. The van der Waals surface area contributed by atoms with Gasteiger partial charge >= 0.3 is 5.97 Å². The smallest absolute Gasteiger partial charge is 0.338 e. The summed E-state index contributed by atoms with van der Waals surface area (Å²) in [6, 6.07) is 15.2. The Kier molecular flexibility index (Phi) is 6.87. The van der Waals surface area contributed by atoms with E-state index in [1.807, 2.05) is 50.2 Å². The van der Waals surface area contributed by atoms with Gasteiger partial charge in [-0.2, -0.15) is 4.68 Å². The maximum Gasteiger partial charge on any atom is 0.338 e. The highest BCUT2D eigenvalue weighted by molar-refractivity contribution is 5.92. The number of tetrazole rings is 1. The zero-order valence-corrected chi connectivity index (χ0v) is 18.9. The summed E-state index contributed by atoms with van der Waals surface area (Å²) >= 11 is 0. The molecule has 0 amide bonds. The molecule has 1 aromatic heterocycles. The summed E-state index contributed by atoms with van der Waals surface area (Å²) in [5.41, 5.74) is 3.07. The Labute approximate surface area is 192 Å². The Balaban J connectivity index is 1.61. The first-order valence-electron chi connectivity index (χ1n) is 10.9. The minimum absolute atomic E-state index is 0.336. The average molecular weight is 450 g/mol. The number of methoxy groups -OCH3 is 1. The van der Waals surface area contributed by atoms with Crippen LogP contribution in [-0.4, -0.2) is 46.5 Å². The largest absolute Gasteiger partial charge is 0.493 e. The molecule has 172 valence electrons. The molecule has 33 heavy (non-hydrogen) atoms. The number of carbonyl (C=O) groups is 1. The molecule has 0 fully saturated rings. The molecule has 1 N–H and O–H groups in total. The summed E-state index contributed by atoms with van der Waals surface area (Å²) in [5, 5.41) is 15.0. The molecule has 0 saturated heterocycles. The fourth-order valence-corrected chi connectivity index (χ4v) is 3.75. The molecule has 0 radical (unpaired) electrons. The SMILES string of the molecule is CCCOC(=O)C1=C(C)Nc2nnnn2C1c1ccc(OCCc2ccccc2)c(OC)c1. The van der Waals surface area contributed by atoms with Crippen LogP contribution in [-0.2, 0) is 16.0 Å². The van der Waals surface area contributed by atoms with Crippen LogP contribution >= 0.6 is 0 Å². The number of hydrogen-bond donors (Lipinski definition) is 1. The van der Waals surface area contributed by atoms with Crippen LogP contribution in [0.2, 0.25) is 0 Å². The van der Waals surface area contributed by atoms with Crippen LogP contribution in [0.25, 0.3) is 0 Å². The number of esters is 1. The van der Waals surface area contributed by atoms with Crippen LogP contribution in [0.4, 0.5) is 5.95 Å². The normalized spacial score (nSPS) is 14.9. The first-order valence-corrected chi connectivity index (χ1v) is 10.9. The van der Waals surface area contributed by atoms with Crippen molar-refractivity contribution in [3.63, 3.8) is 0 Å². The molecule has 1 atom stereocenters. The number of hydrogen-bond acceptors (Lipinski definition) is 8. The lowest BCUT2D eigenvalue weighted by atomic mass is 9.95. The van der Waals surface area contributed by atoms with E-state index in [1.54, 1.807) is 11.8 Å². The second-order valence-electron chi connectivity index (χ2n) is 7.64. The van der Waals surface area contributed by atoms with Crippen molar-refractivity contribution in [3.05, 3.63) is 70.9 Å². The monoisotopic (exact) mass is 449 g/mol. The minimum atomic E-state index is -0.562. The molecule has 2 aromatic carbocycles. The molecule has 4 rings (SSSR count). The predicted molar refractivity (Wildman–Crippen MR) is 122 cm³/mol. The lowest BCUT2D eigenvalue weighted by Gasteiger charge is -2.27. The van der Waals surface area contributed by atoms with Gasteiger partial charge in [0.15, 0.2) is 11.5 Å². The standard InChI is InChI=1S/C24H27N5O4/c1-4-13-33-23(30)21-16(2)25-24-26-27-28-29(24)22(21)18-10-11-19(20(15-18)31-3)32-14-12-17-8-6-5-7-9-17/h5-11,15,22H,4,12-14H2,1-3H3,(H,25,26,28). The molecule has 3 aromatic rings. The van der Waals surface area contributed by atoms with E-state index in [0.717, 1.165) is 18.4 Å². The molecule has 9 heteroatoms. The average Bonchev–Trinajstić information content (AvgIpc) is 3.30. The highest BCUT2D eigenvalue weighted by Gasteiger charge is 2.35. The first kappa shape index (κ1) is 22.3. The number of allylic oxidation sites excluding steroid dienone is 1. The molecule has 0 spiro atoms. The Morgan fingerprint density at radius 1 is 1.12 bits per heavy atom. The topological polar surface area (TPSA) is 100 Å². The van der Waals surface area contributed by atoms with Crippen LogP contribution < -0.4 is 14.8 Å². The van der Waals surface area contributed by atoms with Gasteiger partial charge in [0.2, 0.25) is 5.95 Å². The molecule has 9 nitrogen and oxygen atoms in total. The zero-order valence-electron chi connectivity index (χ0n) is 18.9. The van der Waals surface area contributed by atoms with Crippen molar-refractivity contribution < 1.29 is 19.0 Å². The van der Waals surface area contributed by atoms with Gasteiger partial charge in [-0.1, -0.05) is 48.4 Å². The second kappa shape index (κ2) is 10.2. The number of anilines is 1. The van der Waals surface area contributed by atoms with E-state index >= 15 is 0 Å². The third-order valence-corrected chi connectivity index (χ3v) is 5.37. The summed E-state index contributed by atoms with van der Waals surface area (Å²) < 4.78 is 18.6. The molecule has 1 aliphatic rings. The highest BCUT2D eigenvalue weighted by atomic mass is 16.5. The lowest BCUT2D eigenvalue weighted by molar-refractivity contribution is -0.139. The van der Waals surface area contributed by atoms with Crippen LogP contribution in [0.3, 0.4) is 0 Å². The van der Waals surface area contributed by atoms with E-state index in [1.165, 1.54) is 5.56 Å². The number of carbonyl (C=O) groups excluding carboxylic acids is 1. The summed E-state index contributed by atoms with van der Waals surface area (Å²) in [6.45, 7) is 4.61. The van der Waals surface area contributed by atoms with Gasteiger partial charge in [-0.25, -0.2) is 4.79 Å². The van der Waals surface area contributed by atoms with Crippen LogP contribution in [0, 0.1) is 0 Å². The summed E-state index contributed by atoms with van der Waals surface area (Å²) in [6.07, 6.45) is 1.51. The number of rotatable bonds is 9. The molecule has 0 saturated carbocycles. The quantitative estimate of drug-likeness (QED) is 0.495. The minimum Gasteiger partial charge on any atom is -0.493 e. The van der Waals surface area contributed by atoms with Gasteiger partial charge in [-0.05, 0) is 47.0 Å². The summed E-state index contributed by atoms with van der Waals surface area (Å²) in [7, 11) is 1.59. The van der Waals surface area contributed by atoms with E-state index in [0.29, 0.717) is 41.9 Å². The van der Waals surface area contributed by atoms with Crippen LogP contribution in [0.1, 0.15) is 37.4 Å². The molecule has 0 bridgehead atoms. The maximum absolute atomic E-state index is 12.9. The van der Waals surface area contributed by atoms with Gasteiger partial charge in [0.05, 0.1) is 25.9 Å².